The first kappa shape index (κ1) is 17.1. The molecule has 0 aromatic rings. The maximum atomic E-state index is 11.6. The van der Waals surface area contributed by atoms with E-state index in [1.54, 1.807) is 21.6 Å². The molecule has 0 aliphatic rings. The van der Waals surface area contributed by atoms with Crippen LogP contribution in [-0.4, -0.2) is 52.4 Å². The molecule has 0 bridgehead atoms. The molecule has 0 heterocycles. The van der Waals surface area contributed by atoms with Gasteiger partial charge in [0, 0.05) is 30.0 Å². The first-order chi connectivity index (χ1) is 7.91. The van der Waals surface area contributed by atoms with Crippen LogP contribution in [0.15, 0.2) is 0 Å². The van der Waals surface area contributed by atoms with E-state index in [0.29, 0.717) is 13.0 Å². The Balaban J connectivity index is 3.83. The topological polar surface area (TPSA) is 95.6 Å². The fraction of sp³-hybridized carbons (Fsp3) is 0.900. The first-order valence-corrected chi connectivity index (χ1v) is 7.79. The molecule has 0 aromatic heterocycles. The molecular formula is C10H22N2O3S2. The third kappa shape index (κ3) is 9.72. The van der Waals surface area contributed by atoms with Gasteiger partial charge in [0.1, 0.15) is 0 Å². The maximum Gasteiger partial charge on any atom is 0.221 e. The first-order valence-electron chi connectivity index (χ1n) is 5.47. The normalized spacial score (nSPS) is 13.5. The van der Waals surface area contributed by atoms with E-state index in [9.17, 15) is 4.79 Å². The number of carbonyl (C=O) groups is 1. The van der Waals surface area contributed by atoms with Gasteiger partial charge in [-0.2, -0.15) is 0 Å². The highest BCUT2D eigenvalue weighted by atomic mass is 33.1. The number of hydrogen-bond donors (Lipinski definition) is 4. The molecule has 0 aliphatic heterocycles. The van der Waals surface area contributed by atoms with Crippen LogP contribution in [0.4, 0.5) is 0 Å². The van der Waals surface area contributed by atoms with Crippen molar-refractivity contribution < 1.29 is 15.0 Å². The molecule has 0 saturated carbocycles. The predicted molar refractivity (Wildman–Crippen MR) is 73.9 cm³/mol. The van der Waals surface area contributed by atoms with Crippen LogP contribution in [0, 0.1) is 0 Å². The number of nitrogens with two attached hydrogens (primary N) is 1. The summed E-state index contributed by atoms with van der Waals surface area (Å²) in [4.78, 5) is 11.6. The van der Waals surface area contributed by atoms with Gasteiger partial charge in [-0.25, -0.2) is 0 Å². The molecule has 1 amide bonds. The molecule has 1 unspecified atom stereocenters. The lowest BCUT2D eigenvalue weighted by molar-refractivity contribution is -0.122. The molecule has 0 rings (SSSR count). The fourth-order valence-corrected chi connectivity index (χ4v) is 3.39. The van der Waals surface area contributed by atoms with E-state index in [4.69, 9.17) is 15.9 Å². The van der Waals surface area contributed by atoms with Crippen molar-refractivity contribution in [2.24, 2.45) is 5.73 Å². The van der Waals surface area contributed by atoms with Crippen molar-refractivity contribution in [3.63, 3.8) is 0 Å². The summed E-state index contributed by atoms with van der Waals surface area (Å²) in [6.45, 7) is 4.35. The summed E-state index contributed by atoms with van der Waals surface area (Å²) in [6, 6.07) is 0. The summed E-state index contributed by atoms with van der Waals surface area (Å²) in [5.41, 5.74) is 5.39. The van der Waals surface area contributed by atoms with Gasteiger partial charge in [0.2, 0.25) is 5.91 Å². The molecule has 0 aliphatic carbocycles. The Morgan fingerprint density at radius 1 is 1.53 bits per heavy atom. The van der Waals surface area contributed by atoms with Crippen LogP contribution in [0.5, 0.6) is 0 Å². The van der Waals surface area contributed by atoms with Gasteiger partial charge in [-0.3, -0.25) is 4.79 Å². The number of aliphatic hydroxyl groups excluding tert-OH is 2. The molecule has 5 N–H and O–H groups in total. The van der Waals surface area contributed by atoms with E-state index in [-0.39, 0.29) is 23.8 Å². The second-order valence-electron chi connectivity index (χ2n) is 4.27. The maximum absolute atomic E-state index is 11.6. The average Bonchev–Trinajstić information content (AvgIpc) is 2.25. The Labute approximate surface area is 110 Å². The Hall–Kier alpha value is 0.0500. The highest BCUT2D eigenvalue weighted by Gasteiger charge is 2.23. The van der Waals surface area contributed by atoms with Crippen molar-refractivity contribution >= 4 is 27.5 Å². The Morgan fingerprint density at radius 3 is 2.71 bits per heavy atom. The zero-order valence-electron chi connectivity index (χ0n) is 10.3. The number of carbonyl (C=O) groups excluding carboxylic acids is 1. The van der Waals surface area contributed by atoms with Gasteiger partial charge in [-0.05, 0) is 13.8 Å². The van der Waals surface area contributed by atoms with Gasteiger partial charge >= 0.3 is 0 Å². The second-order valence-corrected chi connectivity index (χ2v) is 7.39. The van der Waals surface area contributed by atoms with Gasteiger partial charge in [0.05, 0.1) is 12.7 Å². The Bertz CT molecular complexity index is 228. The van der Waals surface area contributed by atoms with Crippen LogP contribution >= 0.6 is 21.6 Å². The minimum absolute atomic E-state index is 0.0893. The van der Waals surface area contributed by atoms with Crippen LogP contribution in [-0.2, 0) is 4.79 Å². The number of aliphatic hydroxyl groups is 2. The summed E-state index contributed by atoms with van der Waals surface area (Å²) < 4.78 is -0.173. The predicted octanol–water partition coefficient (Wildman–Crippen LogP) is -0.0354. The zero-order chi connectivity index (χ0) is 13.3. The van der Waals surface area contributed by atoms with Crippen LogP contribution < -0.4 is 11.1 Å². The van der Waals surface area contributed by atoms with Gasteiger partial charge in [-0.1, -0.05) is 21.6 Å². The summed E-state index contributed by atoms with van der Waals surface area (Å²) in [5, 5.41) is 20.3. The van der Waals surface area contributed by atoms with Gasteiger partial charge in [0.25, 0.3) is 0 Å². The SMILES string of the molecule is CC(C)(CC(=O)NCC(O)CO)SSCCN. The average molecular weight is 282 g/mol. The smallest absolute Gasteiger partial charge is 0.221 e. The lowest BCUT2D eigenvalue weighted by Gasteiger charge is -2.22. The number of hydrogen-bond acceptors (Lipinski definition) is 6. The van der Waals surface area contributed by atoms with Crippen molar-refractivity contribution in [2.45, 2.75) is 31.1 Å². The largest absolute Gasteiger partial charge is 0.394 e. The van der Waals surface area contributed by atoms with E-state index in [2.05, 4.69) is 5.32 Å². The third-order valence-corrected chi connectivity index (χ3v) is 5.14. The van der Waals surface area contributed by atoms with E-state index < -0.39 is 6.10 Å². The monoisotopic (exact) mass is 282 g/mol. The summed E-state index contributed by atoms with van der Waals surface area (Å²) in [5.74, 6) is 0.738. The van der Waals surface area contributed by atoms with Crippen LogP contribution in [0.25, 0.3) is 0 Å². The van der Waals surface area contributed by atoms with E-state index >= 15 is 0 Å². The standard InChI is InChI=1S/C10H22N2O3S2/c1-10(2,17-16-4-3-11)5-9(15)12-6-8(14)7-13/h8,13-14H,3-7,11H2,1-2H3,(H,12,15). The van der Waals surface area contributed by atoms with Crippen LogP contribution in [0.1, 0.15) is 20.3 Å². The molecule has 17 heavy (non-hydrogen) atoms. The van der Waals surface area contributed by atoms with Crippen LogP contribution in [0.2, 0.25) is 0 Å². The molecule has 0 fully saturated rings. The van der Waals surface area contributed by atoms with Gasteiger partial charge < -0.3 is 21.3 Å². The molecule has 0 aromatic carbocycles. The molecule has 7 heteroatoms. The van der Waals surface area contributed by atoms with Crippen molar-refractivity contribution in [1.29, 1.82) is 0 Å². The highest BCUT2D eigenvalue weighted by molar-refractivity contribution is 8.77. The Morgan fingerprint density at radius 2 is 2.18 bits per heavy atom. The molecule has 0 saturated heterocycles. The van der Waals surface area contributed by atoms with E-state index in [1.165, 1.54) is 0 Å². The number of amides is 1. The van der Waals surface area contributed by atoms with Gasteiger partial charge in [0.15, 0.2) is 0 Å². The fourth-order valence-electron chi connectivity index (χ4n) is 1.02. The Kier molecular flexibility index (Phi) is 9.07. The summed E-state index contributed by atoms with van der Waals surface area (Å²) >= 11 is 0. The van der Waals surface area contributed by atoms with Crippen molar-refractivity contribution in [1.82, 2.24) is 5.32 Å². The minimum atomic E-state index is -0.888. The second kappa shape index (κ2) is 9.04. The van der Waals surface area contributed by atoms with Gasteiger partial charge in [-0.15, -0.1) is 0 Å². The molecule has 102 valence electrons. The lowest BCUT2D eigenvalue weighted by atomic mass is 10.1. The van der Waals surface area contributed by atoms with Crippen molar-refractivity contribution in [3.05, 3.63) is 0 Å². The van der Waals surface area contributed by atoms with E-state index in [1.807, 2.05) is 13.8 Å². The minimum Gasteiger partial charge on any atom is -0.394 e. The molecule has 0 radical (unpaired) electrons. The zero-order valence-corrected chi connectivity index (χ0v) is 11.9. The number of rotatable bonds is 9. The third-order valence-electron chi connectivity index (χ3n) is 1.82. The highest BCUT2D eigenvalue weighted by Crippen LogP contribution is 2.37. The van der Waals surface area contributed by atoms with E-state index in [0.717, 1.165) is 5.75 Å². The number of nitrogens with one attached hydrogen (secondary N) is 1. The quantitative estimate of drug-likeness (QED) is 0.350. The molecular weight excluding hydrogens is 260 g/mol. The summed E-state index contributed by atoms with van der Waals surface area (Å²) in [6.07, 6.45) is -0.519. The lowest BCUT2D eigenvalue weighted by Crippen LogP contribution is -2.36. The molecule has 1 atom stereocenters. The van der Waals surface area contributed by atoms with Crippen molar-refractivity contribution in [2.75, 3.05) is 25.4 Å². The summed E-state index contributed by atoms with van der Waals surface area (Å²) in [7, 11) is 3.29. The molecule has 0 spiro atoms. The molecule has 5 nitrogen and oxygen atoms in total. The van der Waals surface area contributed by atoms with Crippen molar-refractivity contribution in [3.8, 4) is 0 Å². The van der Waals surface area contributed by atoms with Crippen LogP contribution in [0.3, 0.4) is 0 Å².